The molecule has 1 aromatic heterocycles. The number of ketones is 1. The molecule has 0 radical (unpaired) electrons. The second-order valence-electron chi connectivity index (χ2n) is 5.82. The molecule has 4 nitrogen and oxygen atoms in total. The summed E-state index contributed by atoms with van der Waals surface area (Å²) in [5, 5.41) is 1.97. The lowest BCUT2D eigenvalue weighted by Crippen LogP contribution is -2.08. The Balaban J connectivity index is 1.57. The SMILES string of the molecule is Cc1ccsc1/C=C1\Oc2cc(OC(=O)c3ccccc3)ccc2C1=O. The first-order valence-corrected chi connectivity index (χ1v) is 8.89. The smallest absolute Gasteiger partial charge is 0.343 e. The van der Waals surface area contributed by atoms with Crippen LogP contribution >= 0.6 is 11.3 Å². The number of ether oxygens (including phenoxy) is 2. The minimum absolute atomic E-state index is 0.172. The van der Waals surface area contributed by atoms with E-state index in [1.807, 2.05) is 24.4 Å². The Kier molecular flexibility index (Phi) is 4.14. The van der Waals surface area contributed by atoms with Crippen molar-refractivity contribution in [3.8, 4) is 11.5 Å². The summed E-state index contributed by atoms with van der Waals surface area (Å²) in [5.74, 6) is 0.374. The van der Waals surface area contributed by atoms with Crippen molar-refractivity contribution < 1.29 is 19.1 Å². The van der Waals surface area contributed by atoms with Gasteiger partial charge in [0.1, 0.15) is 11.5 Å². The Morgan fingerprint density at radius 1 is 1.12 bits per heavy atom. The molecule has 128 valence electrons. The second-order valence-corrected chi connectivity index (χ2v) is 6.77. The number of hydrogen-bond donors (Lipinski definition) is 0. The van der Waals surface area contributed by atoms with Gasteiger partial charge >= 0.3 is 5.97 Å². The van der Waals surface area contributed by atoms with Gasteiger partial charge in [-0.15, -0.1) is 11.3 Å². The van der Waals surface area contributed by atoms with E-state index in [0.29, 0.717) is 22.6 Å². The number of carbonyl (C=O) groups is 2. The van der Waals surface area contributed by atoms with Crippen molar-refractivity contribution in [1.82, 2.24) is 0 Å². The summed E-state index contributed by atoms with van der Waals surface area (Å²) in [6.45, 7) is 1.98. The molecule has 0 unspecified atom stereocenters. The number of fused-ring (bicyclic) bond motifs is 1. The predicted molar refractivity (Wildman–Crippen MR) is 99.8 cm³/mol. The van der Waals surface area contributed by atoms with Crippen LogP contribution in [-0.4, -0.2) is 11.8 Å². The first-order chi connectivity index (χ1) is 12.6. The number of hydrogen-bond acceptors (Lipinski definition) is 5. The summed E-state index contributed by atoms with van der Waals surface area (Å²) in [6, 6.07) is 15.5. The molecule has 0 N–H and O–H groups in total. The van der Waals surface area contributed by atoms with Crippen molar-refractivity contribution in [2.45, 2.75) is 6.92 Å². The molecule has 2 aromatic carbocycles. The van der Waals surface area contributed by atoms with Crippen molar-refractivity contribution in [3.05, 3.63) is 87.3 Å². The van der Waals surface area contributed by atoms with E-state index in [2.05, 4.69) is 0 Å². The Bertz CT molecular complexity index is 1030. The van der Waals surface area contributed by atoms with Gasteiger partial charge in [-0.05, 0) is 48.2 Å². The van der Waals surface area contributed by atoms with Gasteiger partial charge in [-0.25, -0.2) is 4.79 Å². The Labute approximate surface area is 154 Å². The summed E-state index contributed by atoms with van der Waals surface area (Å²) in [6.07, 6.45) is 1.75. The lowest BCUT2D eigenvalue weighted by Gasteiger charge is -2.05. The topological polar surface area (TPSA) is 52.6 Å². The van der Waals surface area contributed by atoms with Crippen LogP contribution in [0.15, 0.2) is 65.7 Å². The van der Waals surface area contributed by atoms with Crippen molar-refractivity contribution in [2.75, 3.05) is 0 Å². The van der Waals surface area contributed by atoms with Gasteiger partial charge in [0.25, 0.3) is 0 Å². The molecular formula is C21H14O4S. The van der Waals surface area contributed by atoms with Crippen molar-refractivity contribution >= 4 is 29.2 Å². The summed E-state index contributed by atoms with van der Waals surface area (Å²) >= 11 is 1.55. The van der Waals surface area contributed by atoms with Crippen LogP contribution in [0.3, 0.4) is 0 Å². The van der Waals surface area contributed by atoms with Gasteiger partial charge in [0, 0.05) is 17.0 Å². The molecule has 1 aliphatic heterocycles. The Hall–Kier alpha value is -3.18. The van der Waals surface area contributed by atoms with Gasteiger partial charge in [-0.3, -0.25) is 4.79 Å². The van der Waals surface area contributed by atoms with E-state index in [1.165, 1.54) is 0 Å². The molecule has 0 aliphatic carbocycles. The maximum atomic E-state index is 12.5. The summed E-state index contributed by atoms with van der Waals surface area (Å²) < 4.78 is 11.1. The molecule has 0 atom stereocenters. The monoisotopic (exact) mass is 362 g/mol. The standard InChI is InChI=1S/C21H14O4S/c1-13-9-10-26-19(13)12-18-20(22)16-8-7-15(11-17(16)25-18)24-21(23)14-5-3-2-4-6-14/h2-12H,1H3/b18-12-. The quantitative estimate of drug-likeness (QED) is 0.378. The molecule has 0 saturated heterocycles. The van der Waals surface area contributed by atoms with Crippen LogP contribution in [0, 0.1) is 6.92 Å². The molecular weight excluding hydrogens is 348 g/mol. The third kappa shape index (κ3) is 3.05. The van der Waals surface area contributed by atoms with E-state index in [4.69, 9.17) is 9.47 Å². The largest absolute Gasteiger partial charge is 0.452 e. The van der Waals surface area contributed by atoms with Gasteiger partial charge in [-0.2, -0.15) is 0 Å². The third-order valence-electron chi connectivity index (χ3n) is 4.03. The second kappa shape index (κ2) is 6.61. The first-order valence-electron chi connectivity index (χ1n) is 8.01. The van der Waals surface area contributed by atoms with E-state index >= 15 is 0 Å². The molecule has 4 rings (SSSR count). The number of esters is 1. The van der Waals surface area contributed by atoms with Gasteiger partial charge in [-0.1, -0.05) is 18.2 Å². The summed E-state index contributed by atoms with van der Waals surface area (Å²) in [4.78, 5) is 25.6. The third-order valence-corrected chi connectivity index (χ3v) is 4.99. The average Bonchev–Trinajstić information content (AvgIpc) is 3.19. The Morgan fingerprint density at radius 2 is 1.92 bits per heavy atom. The fourth-order valence-corrected chi connectivity index (χ4v) is 3.47. The normalized spacial score (nSPS) is 14.2. The molecule has 3 aromatic rings. The zero-order valence-electron chi connectivity index (χ0n) is 13.9. The van der Waals surface area contributed by atoms with Crippen LogP contribution in [-0.2, 0) is 0 Å². The molecule has 0 bridgehead atoms. The number of allylic oxidation sites excluding steroid dienone is 1. The van der Waals surface area contributed by atoms with E-state index in [-0.39, 0.29) is 11.5 Å². The molecule has 2 heterocycles. The van der Waals surface area contributed by atoms with Crippen LogP contribution in [0.1, 0.15) is 31.2 Å². The number of benzene rings is 2. The van der Waals surface area contributed by atoms with E-state index < -0.39 is 5.97 Å². The number of Topliss-reactive ketones (excluding diaryl/α,β-unsaturated/α-hetero) is 1. The summed E-state index contributed by atoms with van der Waals surface area (Å²) in [7, 11) is 0. The number of aryl methyl sites for hydroxylation is 1. The van der Waals surface area contributed by atoms with Crippen LogP contribution in [0.2, 0.25) is 0 Å². The minimum Gasteiger partial charge on any atom is -0.452 e. The molecule has 1 aliphatic rings. The lowest BCUT2D eigenvalue weighted by atomic mass is 10.1. The maximum absolute atomic E-state index is 12.5. The molecule has 5 heteroatoms. The van der Waals surface area contributed by atoms with E-state index in [9.17, 15) is 9.59 Å². The number of rotatable bonds is 3. The molecule has 26 heavy (non-hydrogen) atoms. The van der Waals surface area contributed by atoms with E-state index in [1.54, 1.807) is 59.9 Å². The fourth-order valence-electron chi connectivity index (χ4n) is 2.62. The van der Waals surface area contributed by atoms with Gasteiger partial charge in [0.15, 0.2) is 5.76 Å². The molecule has 0 amide bonds. The zero-order valence-corrected chi connectivity index (χ0v) is 14.7. The fraction of sp³-hybridized carbons (Fsp3) is 0.0476. The zero-order chi connectivity index (χ0) is 18.1. The van der Waals surface area contributed by atoms with Crippen molar-refractivity contribution in [3.63, 3.8) is 0 Å². The predicted octanol–water partition coefficient (Wildman–Crippen LogP) is 4.89. The van der Waals surface area contributed by atoms with Gasteiger partial charge in [0.2, 0.25) is 5.78 Å². The van der Waals surface area contributed by atoms with Crippen LogP contribution in [0.5, 0.6) is 11.5 Å². The van der Waals surface area contributed by atoms with Gasteiger partial charge in [0.05, 0.1) is 11.1 Å². The number of thiophene rings is 1. The van der Waals surface area contributed by atoms with Crippen LogP contribution < -0.4 is 9.47 Å². The average molecular weight is 362 g/mol. The molecule has 0 spiro atoms. The molecule has 0 saturated carbocycles. The van der Waals surface area contributed by atoms with Crippen molar-refractivity contribution in [2.24, 2.45) is 0 Å². The lowest BCUT2D eigenvalue weighted by molar-refractivity contribution is 0.0734. The van der Waals surface area contributed by atoms with Crippen LogP contribution in [0.25, 0.3) is 6.08 Å². The van der Waals surface area contributed by atoms with Gasteiger partial charge < -0.3 is 9.47 Å². The van der Waals surface area contributed by atoms with Crippen molar-refractivity contribution in [1.29, 1.82) is 0 Å². The number of carbonyl (C=O) groups excluding carboxylic acids is 2. The summed E-state index contributed by atoms with van der Waals surface area (Å²) in [5.41, 5.74) is 2.01. The van der Waals surface area contributed by atoms with Crippen LogP contribution in [0.4, 0.5) is 0 Å². The highest BCUT2D eigenvalue weighted by Gasteiger charge is 2.28. The highest BCUT2D eigenvalue weighted by Crippen LogP contribution is 2.35. The molecule has 0 fully saturated rings. The maximum Gasteiger partial charge on any atom is 0.343 e. The van der Waals surface area contributed by atoms with E-state index in [0.717, 1.165) is 10.4 Å². The highest BCUT2D eigenvalue weighted by molar-refractivity contribution is 7.11. The Morgan fingerprint density at radius 3 is 2.65 bits per heavy atom. The highest BCUT2D eigenvalue weighted by atomic mass is 32.1. The first kappa shape index (κ1) is 16.3. The minimum atomic E-state index is -0.458.